The van der Waals surface area contributed by atoms with E-state index in [1.54, 1.807) is 43.3 Å². The highest BCUT2D eigenvalue weighted by Crippen LogP contribution is 2.24. The van der Waals surface area contributed by atoms with Crippen molar-refractivity contribution >= 4 is 39.7 Å². The normalized spacial score (nSPS) is 10.7. The van der Waals surface area contributed by atoms with Crippen LogP contribution in [-0.4, -0.2) is 11.7 Å². The van der Waals surface area contributed by atoms with Crippen LogP contribution < -0.4 is 16.4 Å². The zero-order valence-corrected chi connectivity index (χ0v) is 16.4. The maximum Gasteiger partial charge on any atom is 0.291 e. The van der Waals surface area contributed by atoms with Gasteiger partial charge >= 0.3 is 0 Å². The van der Waals surface area contributed by atoms with Gasteiger partial charge in [-0.25, -0.2) is 0 Å². The van der Waals surface area contributed by atoms with Crippen molar-refractivity contribution in [3.8, 4) is 0 Å². The van der Waals surface area contributed by atoms with Gasteiger partial charge in [-0.2, -0.15) is 0 Å². The van der Waals surface area contributed by atoms with Gasteiger partial charge in [-0.15, -0.1) is 0 Å². The summed E-state index contributed by atoms with van der Waals surface area (Å²) in [4.78, 5) is 24.3. The molecule has 0 aliphatic carbocycles. The molecule has 30 heavy (non-hydrogen) atoms. The Balaban J connectivity index is 1.51. The quantitative estimate of drug-likeness (QED) is 0.310. The molecule has 0 saturated heterocycles. The van der Waals surface area contributed by atoms with Gasteiger partial charge in [-0.1, -0.05) is 30.3 Å². The van der Waals surface area contributed by atoms with Crippen molar-refractivity contribution in [3.05, 3.63) is 89.7 Å². The summed E-state index contributed by atoms with van der Waals surface area (Å²) in [6.45, 7) is 2.08. The third-order valence-electron chi connectivity index (χ3n) is 4.80. The number of fused-ring (bicyclic) bond motifs is 1. The first-order valence-corrected chi connectivity index (χ1v) is 9.53. The number of carbonyl (C=O) groups excluding carboxylic acids is 2. The molecule has 6 heteroatoms. The minimum atomic E-state index is -0.362. The van der Waals surface area contributed by atoms with Crippen molar-refractivity contribution in [2.45, 2.75) is 13.5 Å². The zero-order chi connectivity index (χ0) is 21.1. The van der Waals surface area contributed by atoms with Crippen molar-refractivity contribution in [1.29, 1.82) is 0 Å². The van der Waals surface area contributed by atoms with Crippen LogP contribution >= 0.6 is 0 Å². The van der Waals surface area contributed by atoms with Gasteiger partial charge in [0, 0.05) is 23.2 Å². The molecule has 1 amide bonds. The number of ketones is 1. The van der Waals surface area contributed by atoms with E-state index < -0.39 is 0 Å². The van der Waals surface area contributed by atoms with Gasteiger partial charge in [-0.3, -0.25) is 9.59 Å². The van der Waals surface area contributed by atoms with Crippen molar-refractivity contribution in [3.63, 3.8) is 0 Å². The Morgan fingerprint density at radius 2 is 1.67 bits per heavy atom. The van der Waals surface area contributed by atoms with Gasteiger partial charge in [-0.05, 0) is 55.0 Å². The molecule has 0 unspecified atom stereocenters. The number of carbonyl (C=O) groups is 2. The van der Waals surface area contributed by atoms with E-state index in [-0.39, 0.29) is 17.5 Å². The lowest BCUT2D eigenvalue weighted by molar-refractivity contribution is 0.0995. The Hall–Kier alpha value is -4.06. The van der Waals surface area contributed by atoms with E-state index in [1.807, 2.05) is 36.4 Å². The second kappa shape index (κ2) is 8.13. The van der Waals surface area contributed by atoms with E-state index in [2.05, 4.69) is 10.6 Å². The van der Waals surface area contributed by atoms with Crippen LogP contribution in [0.5, 0.6) is 0 Å². The number of nitrogens with two attached hydrogens (primary N) is 1. The van der Waals surface area contributed by atoms with Crippen molar-refractivity contribution in [2.75, 3.05) is 16.4 Å². The smallest absolute Gasteiger partial charge is 0.291 e. The zero-order valence-electron chi connectivity index (χ0n) is 16.4. The van der Waals surface area contributed by atoms with Gasteiger partial charge in [0.25, 0.3) is 5.91 Å². The molecule has 0 aliphatic heterocycles. The lowest BCUT2D eigenvalue weighted by atomic mass is 10.1. The number of Topliss-reactive ketones (excluding diaryl/α,β-unsaturated/α-hetero) is 1. The number of nitrogens with one attached hydrogen (secondary N) is 2. The monoisotopic (exact) mass is 399 g/mol. The lowest BCUT2D eigenvalue weighted by Gasteiger charge is -2.10. The molecule has 0 fully saturated rings. The fraction of sp³-hybridized carbons (Fsp3) is 0.0833. The second-order valence-electron chi connectivity index (χ2n) is 6.98. The number of hydrogen-bond acceptors (Lipinski definition) is 5. The molecule has 0 atom stereocenters. The number of nitrogen functional groups attached to an aromatic ring is 1. The van der Waals surface area contributed by atoms with Crippen LogP contribution in [0.3, 0.4) is 0 Å². The standard InChI is InChI=1S/C24H21N3O3/c1-15(28)18-6-2-4-8-20(18)26-14-16-10-11-22-17(12-16)13-23(30-22)24(29)27-21-9-5-3-7-19(21)25/h2-13,26H,14,25H2,1H3,(H,27,29). The van der Waals surface area contributed by atoms with Gasteiger partial charge in [0.05, 0.1) is 11.4 Å². The molecule has 4 aromatic rings. The predicted octanol–water partition coefficient (Wildman–Crippen LogP) is 5.08. The highest BCUT2D eigenvalue weighted by Gasteiger charge is 2.14. The molecule has 0 bridgehead atoms. The minimum absolute atomic E-state index is 0.0121. The van der Waals surface area contributed by atoms with E-state index in [4.69, 9.17) is 10.2 Å². The lowest BCUT2D eigenvalue weighted by Crippen LogP contribution is -2.12. The number of rotatable bonds is 6. The number of amides is 1. The maximum absolute atomic E-state index is 12.5. The van der Waals surface area contributed by atoms with Crippen LogP contribution in [0.15, 0.2) is 77.2 Å². The molecular formula is C24H21N3O3. The maximum atomic E-state index is 12.5. The van der Waals surface area contributed by atoms with E-state index in [9.17, 15) is 9.59 Å². The van der Waals surface area contributed by atoms with Crippen LogP contribution in [0.2, 0.25) is 0 Å². The summed E-state index contributed by atoms with van der Waals surface area (Å²) in [5.41, 5.74) is 9.97. The number of para-hydroxylation sites is 3. The van der Waals surface area contributed by atoms with E-state index in [1.165, 1.54) is 0 Å². The predicted molar refractivity (Wildman–Crippen MR) is 119 cm³/mol. The van der Waals surface area contributed by atoms with E-state index in [0.29, 0.717) is 29.1 Å². The first kappa shape index (κ1) is 19.3. The third kappa shape index (κ3) is 4.03. The van der Waals surface area contributed by atoms with Crippen molar-refractivity contribution in [1.82, 2.24) is 0 Å². The fourth-order valence-corrected chi connectivity index (χ4v) is 3.25. The molecule has 3 aromatic carbocycles. The largest absolute Gasteiger partial charge is 0.451 e. The molecular weight excluding hydrogens is 378 g/mol. The van der Waals surface area contributed by atoms with Crippen LogP contribution in [0.1, 0.15) is 33.4 Å². The molecule has 1 aromatic heterocycles. The summed E-state index contributed by atoms with van der Waals surface area (Å²) in [5.74, 6) is -0.141. The number of hydrogen-bond donors (Lipinski definition) is 3. The molecule has 0 saturated carbocycles. The number of furan rings is 1. The van der Waals surface area contributed by atoms with Gasteiger partial charge in [0.1, 0.15) is 5.58 Å². The van der Waals surface area contributed by atoms with Gasteiger partial charge < -0.3 is 20.8 Å². The first-order chi connectivity index (χ1) is 14.5. The molecule has 6 nitrogen and oxygen atoms in total. The highest BCUT2D eigenvalue weighted by atomic mass is 16.3. The minimum Gasteiger partial charge on any atom is -0.451 e. The number of anilines is 3. The molecule has 4 N–H and O–H groups in total. The van der Waals surface area contributed by atoms with Crippen molar-refractivity contribution < 1.29 is 14.0 Å². The fourth-order valence-electron chi connectivity index (χ4n) is 3.25. The van der Waals surface area contributed by atoms with E-state index in [0.717, 1.165) is 16.6 Å². The Bertz CT molecular complexity index is 1240. The SMILES string of the molecule is CC(=O)c1ccccc1NCc1ccc2oc(C(=O)Nc3ccccc3N)cc2c1. The number of benzene rings is 3. The van der Waals surface area contributed by atoms with Gasteiger partial charge in [0.15, 0.2) is 11.5 Å². The second-order valence-corrected chi connectivity index (χ2v) is 6.98. The molecule has 0 aliphatic rings. The Morgan fingerprint density at radius 3 is 2.43 bits per heavy atom. The van der Waals surface area contributed by atoms with Crippen LogP contribution in [0.4, 0.5) is 17.1 Å². The summed E-state index contributed by atoms with van der Waals surface area (Å²) in [5, 5.41) is 6.88. The Labute approximate surface area is 173 Å². The summed E-state index contributed by atoms with van der Waals surface area (Å²) in [6, 6.07) is 21.9. The Kier molecular flexibility index (Phi) is 5.22. The molecule has 150 valence electrons. The van der Waals surface area contributed by atoms with Crippen LogP contribution in [0, 0.1) is 0 Å². The Morgan fingerprint density at radius 1 is 0.933 bits per heavy atom. The topological polar surface area (TPSA) is 97.4 Å². The highest BCUT2D eigenvalue weighted by molar-refractivity contribution is 6.06. The average molecular weight is 399 g/mol. The summed E-state index contributed by atoms with van der Waals surface area (Å²) in [7, 11) is 0. The molecule has 0 radical (unpaired) electrons. The van der Waals surface area contributed by atoms with Gasteiger partial charge in [0.2, 0.25) is 0 Å². The average Bonchev–Trinajstić information content (AvgIpc) is 3.17. The first-order valence-electron chi connectivity index (χ1n) is 9.53. The molecule has 1 heterocycles. The summed E-state index contributed by atoms with van der Waals surface area (Å²) >= 11 is 0. The third-order valence-corrected chi connectivity index (χ3v) is 4.80. The summed E-state index contributed by atoms with van der Waals surface area (Å²) < 4.78 is 5.69. The summed E-state index contributed by atoms with van der Waals surface area (Å²) in [6.07, 6.45) is 0. The van der Waals surface area contributed by atoms with Crippen LogP contribution in [0.25, 0.3) is 11.0 Å². The van der Waals surface area contributed by atoms with Crippen molar-refractivity contribution in [2.24, 2.45) is 0 Å². The van der Waals surface area contributed by atoms with E-state index >= 15 is 0 Å². The molecule has 4 rings (SSSR count). The van der Waals surface area contributed by atoms with Crippen LogP contribution in [-0.2, 0) is 6.54 Å². The molecule has 0 spiro atoms.